The summed E-state index contributed by atoms with van der Waals surface area (Å²) in [6.45, 7) is 15.7. The van der Waals surface area contributed by atoms with Crippen molar-refractivity contribution in [1.82, 2.24) is 20.8 Å². The standard InChI is InChI=1S/C28H45N4O6/c1-25(2)13-21(14-26(3,4)31(25)35)37-23(33)29-17-19-10-9-11-20(12-19)18-30-24(34)38-22-15-27(5,6)32(36)28(7,8)16-22/h9-12,21-22,35H,13-18H2,1-8H3,(H,29,33)(H,30,34). The van der Waals surface area contributed by atoms with Crippen LogP contribution < -0.4 is 10.6 Å². The van der Waals surface area contributed by atoms with Gasteiger partial charge in [0.05, 0.1) is 0 Å². The monoisotopic (exact) mass is 533 g/mol. The zero-order valence-corrected chi connectivity index (χ0v) is 24.1. The molecule has 0 aliphatic carbocycles. The van der Waals surface area contributed by atoms with Gasteiger partial charge in [-0.05, 0) is 66.5 Å². The van der Waals surface area contributed by atoms with Crippen LogP contribution in [0.2, 0.25) is 0 Å². The highest BCUT2D eigenvalue weighted by Gasteiger charge is 2.48. The van der Waals surface area contributed by atoms with E-state index in [1.54, 1.807) is 0 Å². The molecular formula is C28H45N4O6. The number of ether oxygens (including phenoxy) is 2. The Morgan fingerprint density at radius 1 is 0.789 bits per heavy atom. The van der Waals surface area contributed by atoms with Crippen molar-refractivity contribution in [2.45, 2.75) is 129 Å². The molecule has 1 radical (unpaired) electrons. The molecule has 0 saturated carbocycles. The quantitative estimate of drug-likeness (QED) is 0.474. The van der Waals surface area contributed by atoms with Crippen molar-refractivity contribution in [3.8, 4) is 0 Å². The fourth-order valence-electron chi connectivity index (χ4n) is 6.10. The molecule has 3 rings (SSSR count). The second kappa shape index (κ2) is 11.0. The summed E-state index contributed by atoms with van der Waals surface area (Å²) in [6, 6.07) is 7.54. The molecule has 1 aromatic carbocycles. The van der Waals surface area contributed by atoms with Crippen molar-refractivity contribution in [2.75, 3.05) is 0 Å². The van der Waals surface area contributed by atoms with Crippen LogP contribution in [0.25, 0.3) is 0 Å². The third-order valence-electron chi connectivity index (χ3n) is 7.57. The van der Waals surface area contributed by atoms with Crippen LogP contribution in [0, 0.1) is 0 Å². The Morgan fingerprint density at radius 2 is 1.16 bits per heavy atom. The maximum Gasteiger partial charge on any atom is 0.407 e. The van der Waals surface area contributed by atoms with E-state index in [-0.39, 0.29) is 25.3 Å². The largest absolute Gasteiger partial charge is 0.446 e. The van der Waals surface area contributed by atoms with Gasteiger partial charge in [0.2, 0.25) is 0 Å². The summed E-state index contributed by atoms with van der Waals surface area (Å²) >= 11 is 0. The number of amides is 2. The molecule has 2 aliphatic rings. The lowest BCUT2D eigenvalue weighted by molar-refractivity contribution is -0.298. The molecule has 213 valence electrons. The fraction of sp³-hybridized carbons (Fsp3) is 0.714. The third kappa shape index (κ3) is 7.37. The average molecular weight is 534 g/mol. The lowest BCUT2D eigenvalue weighted by atomic mass is 9.80. The number of nitrogens with zero attached hydrogens (tertiary/aromatic N) is 2. The number of benzene rings is 1. The number of hydroxylamine groups is 4. The number of carbonyl (C=O) groups is 2. The van der Waals surface area contributed by atoms with Gasteiger partial charge in [-0.1, -0.05) is 24.3 Å². The maximum atomic E-state index is 12.5. The predicted octanol–water partition coefficient (Wildman–Crippen LogP) is 4.92. The van der Waals surface area contributed by atoms with E-state index < -0.39 is 34.3 Å². The second-order valence-corrected chi connectivity index (χ2v) is 13.3. The Morgan fingerprint density at radius 3 is 1.55 bits per heavy atom. The van der Waals surface area contributed by atoms with E-state index in [1.165, 1.54) is 5.06 Å². The van der Waals surface area contributed by atoms with E-state index in [0.29, 0.717) is 25.7 Å². The minimum Gasteiger partial charge on any atom is -0.446 e. The summed E-state index contributed by atoms with van der Waals surface area (Å²) in [5.74, 6) is 0. The summed E-state index contributed by atoms with van der Waals surface area (Å²) in [5, 5.41) is 31.0. The first-order valence-electron chi connectivity index (χ1n) is 13.3. The lowest BCUT2D eigenvalue weighted by Gasteiger charge is -2.50. The minimum absolute atomic E-state index is 0.272. The first kappa shape index (κ1) is 30.1. The molecule has 2 fully saturated rings. The van der Waals surface area contributed by atoms with Gasteiger partial charge in [-0.25, -0.2) is 9.59 Å². The molecule has 10 nitrogen and oxygen atoms in total. The molecule has 1 aromatic rings. The Labute approximate surface area is 226 Å². The van der Waals surface area contributed by atoms with E-state index in [1.807, 2.05) is 79.7 Å². The first-order chi connectivity index (χ1) is 17.4. The van der Waals surface area contributed by atoms with Gasteiger partial charge in [0.15, 0.2) is 0 Å². The molecule has 3 N–H and O–H groups in total. The summed E-state index contributed by atoms with van der Waals surface area (Å²) in [5.41, 5.74) is -0.505. The van der Waals surface area contributed by atoms with E-state index in [9.17, 15) is 20.0 Å². The minimum atomic E-state index is -0.613. The Balaban J connectivity index is 1.46. The zero-order chi connectivity index (χ0) is 28.5. The maximum absolute atomic E-state index is 12.5. The predicted molar refractivity (Wildman–Crippen MR) is 142 cm³/mol. The highest BCUT2D eigenvalue weighted by atomic mass is 16.6. The van der Waals surface area contributed by atoms with Crippen molar-refractivity contribution in [2.24, 2.45) is 0 Å². The topological polar surface area (TPSA) is 123 Å². The van der Waals surface area contributed by atoms with Crippen LogP contribution >= 0.6 is 0 Å². The number of piperidine rings is 2. The van der Waals surface area contributed by atoms with Crippen LogP contribution in [0.15, 0.2) is 24.3 Å². The summed E-state index contributed by atoms with van der Waals surface area (Å²) in [4.78, 5) is 25.0. The molecule has 2 aliphatic heterocycles. The van der Waals surface area contributed by atoms with Gasteiger partial charge in [-0.3, -0.25) is 0 Å². The number of carbonyl (C=O) groups excluding carboxylic acids is 2. The van der Waals surface area contributed by atoms with Crippen LogP contribution in [0.4, 0.5) is 9.59 Å². The van der Waals surface area contributed by atoms with E-state index in [4.69, 9.17) is 9.47 Å². The van der Waals surface area contributed by atoms with Gasteiger partial charge in [-0.2, -0.15) is 5.06 Å². The molecule has 0 atom stereocenters. The third-order valence-corrected chi connectivity index (χ3v) is 7.57. The molecule has 38 heavy (non-hydrogen) atoms. The van der Waals surface area contributed by atoms with Crippen LogP contribution in [0.1, 0.15) is 92.2 Å². The van der Waals surface area contributed by atoms with Crippen LogP contribution in [0.5, 0.6) is 0 Å². The van der Waals surface area contributed by atoms with Gasteiger partial charge in [0, 0.05) is 60.9 Å². The van der Waals surface area contributed by atoms with Crippen LogP contribution in [-0.2, 0) is 27.8 Å². The molecule has 2 heterocycles. The summed E-state index contributed by atoms with van der Waals surface area (Å²) < 4.78 is 11.3. The lowest BCUT2D eigenvalue weighted by Crippen LogP contribution is -2.60. The van der Waals surface area contributed by atoms with E-state index in [0.717, 1.165) is 16.2 Å². The fourth-order valence-corrected chi connectivity index (χ4v) is 6.10. The highest BCUT2D eigenvalue weighted by molar-refractivity contribution is 5.68. The smallest absolute Gasteiger partial charge is 0.407 e. The number of nitrogens with one attached hydrogen (secondary N) is 2. The van der Waals surface area contributed by atoms with Gasteiger partial charge in [0.25, 0.3) is 0 Å². The van der Waals surface area contributed by atoms with Crippen molar-refractivity contribution in [1.29, 1.82) is 0 Å². The van der Waals surface area contributed by atoms with Crippen molar-refractivity contribution >= 4 is 12.2 Å². The van der Waals surface area contributed by atoms with E-state index in [2.05, 4.69) is 10.6 Å². The van der Waals surface area contributed by atoms with Gasteiger partial charge in [0.1, 0.15) is 12.2 Å². The number of alkyl carbamates (subject to hydrolysis) is 2. The molecule has 0 aromatic heterocycles. The summed E-state index contributed by atoms with van der Waals surface area (Å²) in [6.07, 6.45) is 0.334. The summed E-state index contributed by atoms with van der Waals surface area (Å²) in [7, 11) is 0. The van der Waals surface area contributed by atoms with Gasteiger partial charge < -0.3 is 25.3 Å². The first-order valence-corrected chi connectivity index (χ1v) is 13.3. The van der Waals surface area contributed by atoms with Crippen molar-refractivity contribution in [3.05, 3.63) is 35.4 Å². The number of hydrogen-bond acceptors (Lipinski definition) is 7. The Kier molecular flexibility index (Phi) is 8.72. The van der Waals surface area contributed by atoms with Crippen molar-refractivity contribution in [3.63, 3.8) is 0 Å². The zero-order valence-electron chi connectivity index (χ0n) is 24.1. The molecule has 0 bridgehead atoms. The average Bonchev–Trinajstić information content (AvgIpc) is 2.78. The Bertz CT molecular complexity index is 898. The SMILES string of the molecule is CC1(C)CC(OC(=O)NCc2cccc(CNC(=O)OC3CC(C)(C)N(O)C(C)(C)C3)c2)CC(C)(C)N1[O]. The van der Waals surface area contributed by atoms with Crippen LogP contribution in [-0.4, -0.2) is 61.9 Å². The normalized spacial score (nSPS) is 23.4. The number of rotatable bonds is 6. The molecule has 2 amide bonds. The molecule has 10 heteroatoms. The van der Waals surface area contributed by atoms with Crippen molar-refractivity contribution < 1.29 is 29.5 Å². The second-order valence-electron chi connectivity index (χ2n) is 13.3. The molecule has 2 saturated heterocycles. The molecule has 0 spiro atoms. The van der Waals surface area contributed by atoms with E-state index >= 15 is 0 Å². The molecule has 0 unspecified atom stereocenters. The van der Waals surface area contributed by atoms with Gasteiger partial charge in [-0.15, -0.1) is 10.3 Å². The number of hydrogen-bond donors (Lipinski definition) is 3. The van der Waals surface area contributed by atoms with Gasteiger partial charge >= 0.3 is 12.2 Å². The molecular weight excluding hydrogens is 488 g/mol. The Hall–Kier alpha value is -2.40. The highest BCUT2D eigenvalue weighted by Crippen LogP contribution is 2.39. The van der Waals surface area contributed by atoms with Crippen LogP contribution in [0.3, 0.4) is 0 Å².